The molecular weight excluding hydrogens is 334 g/mol. The first-order valence-corrected chi connectivity index (χ1v) is 9.87. The van der Waals surface area contributed by atoms with E-state index in [1.165, 1.54) is 20.8 Å². The van der Waals surface area contributed by atoms with Crippen molar-refractivity contribution in [3.8, 4) is 6.07 Å². The topological polar surface area (TPSA) is 65.6 Å². The maximum atomic E-state index is 12.9. The zero-order valence-electron chi connectivity index (χ0n) is 14.2. The maximum Gasteiger partial charge on any atom is 0.244 e. The van der Waals surface area contributed by atoms with Crippen molar-refractivity contribution in [2.75, 3.05) is 26.2 Å². The lowest BCUT2D eigenvalue weighted by atomic mass is 10.1. The fraction of sp³-hybridized carbons (Fsp3) is 0.316. The first kappa shape index (κ1) is 17.6. The van der Waals surface area contributed by atoms with E-state index in [9.17, 15) is 13.7 Å². The summed E-state index contributed by atoms with van der Waals surface area (Å²) < 4.78 is 27.3. The standard InChI is InChI=1S/C19H21N3O2S/c1-16(17-7-3-2-4-8-17)21-11-13-22(14-12-21)25(23,24)19-10-6-5-9-18(19)15-20/h2-10,16H,11-14H2,1H3/p+1/t16-/m0/s1. The fourth-order valence-electron chi connectivity index (χ4n) is 3.35. The summed E-state index contributed by atoms with van der Waals surface area (Å²) in [4.78, 5) is 1.49. The van der Waals surface area contributed by atoms with E-state index < -0.39 is 10.0 Å². The Balaban J connectivity index is 1.73. The number of sulfonamides is 1. The molecule has 3 rings (SSSR count). The van der Waals surface area contributed by atoms with Crippen molar-refractivity contribution in [1.82, 2.24) is 4.31 Å². The van der Waals surface area contributed by atoms with E-state index in [2.05, 4.69) is 19.1 Å². The SMILES string of the molecule is C[C@@H](c1ccccc1)[NH+]1CCN(S(=O)(=O)c2ccccc2C#N)CC1. The molecule has 0 spiro atoms. The van der Waals surface area contributed by atoms with Gasteiger partial charge in [0.2, 0.25) is 10.0 Å². The summed E-state index contributed by atoms with van der Waals surface area (Å²) >= 11 is 0. The van der Waals surface area contributed by atoms with E-state index in [0.717, 1.165) is 13.1 Å². The van der Waals surface area contributed by atoms with Gasteiger partial charge in [0.25, 0.3) is 0 Å². The molecule has 0 amide bonds. The first-order valence-electron chi connectivity index (χ1n) is 8.43. The van der Waals surface area contributed by atoms with E-state index in [1.807, 2.05) is 24.3 Å². The highest BCUT2D eigenvalue weighted by Gasteiger charge is 2.33. The number of hydrogen-bond acceptors (Lipinski definition) is 3. The van der Waals surface area contributed by atoms with Crippen LogP contribution in [0.15, 0.2) is 59.5 Å². The minimum Gasteiger partial charge on any atom is -0.327 e. The third kappa shape index (κ3) is 3.59. The Morgan fingerprint density at radius 3 is 2.28 bits per heavy atom. The number of quaternary nitrogens is 1. The zero-order chi connectivity index (χ0) is 17.9. The first-order chi connectivity index (χ1) is 12.0. The third-order valence-corrected chi connectivity index (χ3v) is 6.86. The molecule has 1 N–H and O–H groups in total. The van der Waals surface area contributed by atoms with Crippen molar-refractivity contribution < 1.29 is 13.3 Å². The van der Waals surface area contributed by atoms with Crippen LogP contribution < -0.4 is 4.90 Å². The second-order valence-electron chi connectivity index (χ2n) is 6.30. The highest BCUT2D eigenvalue weighted by molar-refractivity contribution is 7.89. The van der Waals surface area contributed by atoms with Crippen LogP contribution in [0.1, 0.15) is 24.1 Å². The quantitative estimate of drug-likeness (QED) is 0.895. The lowest BCUT2D eigenvalue weighted by molar-refractivity contribution is -0.933. The van der Waals surface area contributed by atoms with Gasteiger partial charge in [0.1, 0.15) is 12.1 Å². The molecule has 0 unspecified atom stereocenters. The number of piperazine rings is 1. The second-order valence-corrected chi connectivity index (χ2v) is 8.21. The lowest BCUT2D eigenvalue weighted by Gasteiger charge is -2.35. The molecule has 0 aliphatic carbocycles. The monoisotopic (exact) mass is 356 g/mol. The van der Waals surface area contributed by atoms with E-state index >= 15 is 0 Å². The third-order valence-electron chi connectivity index (χ3n) is 4.90. The Bertz CT molecular complexity index is 867. The van der Waals surface area contributed by atoms with Crippen LogP contribution in [0.25, 0.3) is 0 Å². The average molecular weight is 356 g/mol. The van der Waals surface area contributed by atoms with Crippen LogP contribution in [0.4, 0.5) is 0 Å². The molecule has 6 heteroatoms. The number of nitriles is 1. The zero-order valence-corrected chi connectivity index (χ0v) is 15.0. The largest absolute Gasteiger partial charge is 0.327 e. The van der Waals surface area contributed by atoms with Crippen molar-refractivity contribution in [3.63, 3.8) is 0 Å². The number of nitrogens with zero attached hydrogens (tertiary/aromatic N) is 2. The summed E-state index contributed by atoms with van der Waals surface area (Å²) in [6.45, 7) is 4.62. The van der Waals surface area contributed by atoms with E-state index in [1.54, 1.807) is 18.2 Å². The van der Waals surface area contributed by atoms with E-state index in [-0.39, 0.29) is 10.5 Å². The van der Waals surface area contributed by atoms with Crippen molar-refractivity contribution >= 4 is 10.0 Å². The van der Waals surface area contributed by atoms with Gasteiger partial charge in [-0.15, -0.1) is 0 Å². The van der Waals surface area contributed by atoms with Crippen LogP contribution in [-0.2, 0) is 10.0 Å². The molecule has 1 fully saturated rings. The summed E-state index contributed by atoms with van der Waals surface area (Å²) in [5, 5.41) is 9.18. The van der Waals surface area contributed by atoms with Gasteiger partial charge in [-0.3, -0.25) is 0 Å². The number of hydrogen-bond donors (Lipinski definition) is 1. The van der Waals surface area contributed by atoms with E-state index in [0.29, 0.717) is 19.1 Å². The van der Waals surface area contributed by atoms with Gasteiger partial charge >= 0.3 is 0 Å². The Hall–Kier alpha value is -2.20. The van der Waals surface area contributed by atoms with Gasteiger partial charge < -0.3 is 4.90 Å². The van der Waals surface area contributed by atoms with Crippen LogP contribution in [-0.4, -0.2) is 38.9 Å². The van der Waals surface area contributed by atoms with Gasteiger partial charge in [0, 0.05) is 5.56 Å². The smallest absolute Gasteiger partial charge is 0.244 e. The molecular formula is C19H22N3O2S+. The molecule has 5 nitrogen and oxygen atoms in total. The summed E-state index contributed by atoms with van der Waals surface area (Å²) in [7, 11) is -3.62. The van der Waals surface area contributed by atoms with Crippen LogP contribution in [0, 0.1) is 11.3 Å². The number of nitrogens with one attached hydrogen (secondary N) is 1. The van der Waals surface area contributed by atoms with Crippen molar-refractivity contribution in [3.05, 3.63) is 65.7 Å². The highest BCUT2D eigenvalue weighted by atomic mass is 32.2. The van der Waals surface area contributed by atoms with Gasteiger partial charge in [-0.05, 0) is 19.1 Å². The predicted octanol–water partition coefficient (Wildman–Crippen LogP) is 1.21. The van der Waals surface area contributed by atoms with Gasteiger partial charge in [-0.1, -0.05) is 42.5 Å². The molecule has 1 aliphatic heterocycles. The van der Waals surface area contributed by atoms with Crippen molar-refractivity contribution in [2.45, 2.75) is 17.9 Å². The minimum atomic E-state index is -3.62. The summed E-state index contributed by atoms with van der Waals surface area (Å²) in [5.74, 6) is 0. The van der Waals surface area contributed by atoms with Crippen molar-refractivity contribution in [1.29, 1.82) is 5.26 Å². The molecule has 25 heavy (non-hydrogen) atoms. The van der Waals surface area contributed by atoms with Gasteiger partial charge in [-0.25, -0.2) is 8.42 Å². The summed E-state index contributed by atoms with van der Waals surface area (Å²) in [5.41, 5.74) is 1.47. The number of rotatable bonds is 4. The minimum absolute atomic E-state index is 0.108. The molecule has 1 aliphatic rings. The molecule has 1 heterocycles. The van der Waals surface area contributed by atoms with Gasteiger partial charge in [0.05, 0.1) is 36.6 Å². The molecule has 0 bridgehead atoms. The van der Waals surface area contributed by atoms with E-state index in [4.69, 9.17) is 0 Å². The average Bonchev–Trinajstić information content (AvgIpc) is 2.68. The molecule has 1 saturated heterocycles. The lowest BCUT2D eigenvalue weighted by Crippen LogP contribution is -3.14. The molecule has 2 aromatic carbocycles. The molecule has 0 saturated carbocycles. The van der Waals surface area contributed by atoms with Crippen LogP contribution >= 0.6 is 0 Å². The maximum absolute atomic E-state index is 12.9. The van der Waals surface area contributed by atoms with Crippen LogP contribution in [0.2, 0.25) is 0 Å². The fourth-order valence-corrected chi connectivity index (χ4v) is 4.93. The Kier molecular flexibility index (Phi) is 5.19. The highest BCUT2D eigenvalue weighted by Crippen LogP contribution is 2.20. The van der Waals surface area contributed by atoms with Crippen LogP contribution in [0.3, 0.4) is 0 Å². The summed E-state index contributed by atoms with van der Waals surface area (Å²) in [6.07, 6.45) is 0. The Morgan fingerprint density at radius 1 is 1.04 bits per heavy atom. The molecule has 0 aromatic heterocycles. The molecule has 2 aromatic rings. The Labute approximate surface area is 149 Å². The normalized spacial score (nSPS) is 17.8. The second kappa shape index (κ2) is 7.36. The number of benzene rings is 2. The van der Waals surface area contributed by atoms with Crippen molar-refractivity contribution in [2.24, 2.45) is 0 Å². The Morgan fingerprint density at radius 2 is 1.64 bits per heavy atom. The predicted molar refractivity (Wildman–Crippen MR) is 95.5 cm³/mol. The summed E-state index contributed by atoms with van der Waals surface area (Å²) in [6, 6.07) is 19.0. The van der Waals surface area contributed by atoms with Gasteiger partial charge in [0.15, 0.2) is 0 Å². The molecule has 0 radical (unpaired) electrons. The molecule has 1 atom stereocenters. The van der Waals surface area contributed by atoms with Gasteiger partial charge in [-0.2, -0.15) is 9.57 Å². The van der Waals surface area contributed by atoms with Crippen LogP contribution in [0.5, 0.6) is 0 Å². The molecule has 130 valence electrons.